The molecule has 148 valence electrons. The zero-order valence-electron chi connectivity index (χ0n) is 14.3. The number of benzene rings is 2. The Morgan fingerprint density at radius 1 is 1.25 bits per heavy atom. The summed E-state index contributed by atoms with van der Waals surface area (Å²) in [5, 5.41) is 18.7. The predicted octanol–water partition coefficient (Wildman–Crippen LogP) is 3.06. The number of hydrogen-bond acceptors (Lipinski definition) is 5. The molecule has 2 aromatic rings. The minimum atomic E-state index is -3.94. The molecule has 0 aromatic heterocycles. The quantitative estimate of drug-likeness (QED) is 0.764. The van der Waals surface area contributed by atoms with Crippen LogP contribution in [0.25, 0.3) is 0 Å². The molecule has 1 aliphatic heterocycles. The van der Waals surface area contributed by atoms with Gasteiger partial charge >= 0.3 is 0 Å². The van der Waals surface area contributed by atoms with Crippen LogP contribution in [0.5, 0.6) is 5.75 Å². The zero-order valence-corrected chi connectivity index (χ0v) is 16.7. The summed E-state index contributed by atoms with van der Waals surface area (Å²) < 4.78 is 46.5. The fourth-order valence-corrected chi connectivity index (χ4v) is 5.22. The Kier molecular flexibility index (Phi) is 6.12. The highest BCUT2D eigenvalue weighted by Crippen LogP contribution is 2.32. The normalized spacial score (nSPS) is 20.1. The van der Waals surface area contributed by atoms with Crippen molar-refractivity contribution < 1.29 is 22.7 Å². The molecule has 1 aliphatic rings. The molecule has 0 saturated carbocycles. The second-order valence-electron chi connectivity index (χ2n) is 6.25. The van der Waals surface area contributed by atoms with Gasteiger partial charge in [-0.15, -0.1) is 0 Å². The van der Waals surface area contributed by atoms with E-state index in [0.29, 0.717) is 5.02 Å². The molecule has 0 amide bonds. The third-order valence-electron chi connectivity index (χ3n) is 4.44. The number of aliphatic hydroxyl groups excluding tert-OH is 1. The number of aliphatic hydroxyl groups is 1. The largest absolute Gasteiger partial charge is 0.489 e. The van der Waals surface area contributed by atoms with Crippen molar-refractivity contribution in [1.82, 2.24) is 4.31 Å². The first-order valence-electron chi connectivity index (χ1n) is 8.18. The number of rotatable bonds is 5. The zero-order chi connectivity index (χ0) is 20.5. The van der Waals surface area contributed by atoms with Gasteiger partial charge in [0.1, 0.15) is 28.6 Å². The summed E-state index contributed by atoms with van der Waals surface area (Å²) in [7, 11) is -3.94. The van der Waals surface area contributed by atoms with E-state index < -0.39 is 27.9 Å². The number of ether oxygens (including phenoxy) is 1. The Balaban J connectivity index is 1.83. The first kappa shape index (κ1) is 20.8. The predicted molar refractivity (Wildman–Crippen MR) is 101 cm³/mol. The molecule has 3 rings (SSSR count). The van der Waals surface area contributed by atoms with Crippen molar-refractivity contribution in [3.63, 3.8) is 0 Å². The summed E-state index contributed by atoms with van der Waals surface area (Å²) in [5.41, 5.74) is -0.126. The van der Waals surface area contributed by atoms with Crippen LogP contribution in [0, 0.1) is 23.1 Å². The van der Waals surface area contributed by atoms with Crippen LogP contribution < -0.4 is 4.74 Å². The van der Waals surface area contributed by atoms with E-state index in [4.69, 9.17) is 33.2 Å². The molecule has 1 heterocycles. The van der Waals surface area contributed by atoms with Gasteiger partial charge in [-0.1, -0.05) is 23.2 Å². The topological polar surface area (TPSA) is 90.6 Å². The summed E-state index contributed by atoms with van der Waals surface area (Å²) in [6.45, 7) is -0.348. The van der Waals surface area contributed by atoms with Crippen LogP contribution in [0.3, 0.4) is 0 Å². The maximum Gasteiger partial charge on any atom is 0.244 e. The van der Waals surface area contributed by atoms with Gasteiger partial charge in [-0.25, -0.2) is 12.8 Å². The molecule has 0 spiro atoms. The monoisotopic (exact) mass is 444 g/mol. The van der Waals surface area contributed by atoms with Crippen LogP contribution in [0.1, 0.15) is 5.56 Å². The van der Waals surface area contributed by atoms with E-state index in [1.165, 1.54) is 30.3 Å². The number of sulfonamides is 1. The molecule has 10 heteroatoms. The van der Waals surface area contributed by atoms with E-state index in [0.717, 1.165) is 10.4 Å². The van der Waals surface area contributed by atoms with Gasteiger partial charge in [0.25, 0.3) is 0 Å². The second kappa shape index (κ2) is 8.23. The van der Waals surface area contributed by atoms with Gasteiger partial charge in [0, 0.05) is 23.6 Å². The Labute approximate surface area is 171 Å². The lowest BCUT2D eigenvalue weighted by atomic mass is 10.1. The van der Waals surface area contributed by atoms with Crippen LogP contribution in [-0.2, 0) is 10.0 Å². The van der Waals surface area contributed by atoms with Crippen molar-refractivity contribution in [2.45, 2.75) is 11.0 Å². The molecule has 1 N–H and O–H groups in total. The summed E-state index contributed by atoms with van der Waals surface area (Å²) in [4.78, 5) is -0.0969. The minimum Gasteiger partial charge on any atom is -0.489 e. The Hall–Kier alpha value is -1.89. The standard InChI is InChI=1S/C18H15Cl2FN2O4S/c19-13-2-4-18(15(20)5-13)28(25,26)23-8-12(10-24)17(9-23)27-14-3-1-11(7-22)16(21)6-14/h1-6,12,17,24H,8-10H2. The van der Waals surface area contributed by atoms with Crippen LogP contribution in [-0.4, -0.2) is 43.6 Å². The van der Waals surface area contributed by atoms with Gasteiger partial charge in [0.05, 0.1) is 23.7 Å². The highest BCUT2D eigenvalue weighted by molar-refractivity contribution is 7.89. The van der Waals surface area contributed by atoms with Gasteiger partial charge in [0.2, 0.25) is 10.0 Å². The van der Waals surface area contributed by atoms with E-state index in [-0.39, 0.29) is 40.9 Å². The summed E-state index contributed by atoms with van der Waals surface area (Å²) >= 11 is 11.9. The highest BCUT2D eigenvalue weighted by atomic mass is 35.5. The lowest BCUT2D eigenvalue weighted by Crippen LogP contribution is -2.31. The van der Waals surface area contributed by atoms with Gasteiger partial charge in [-0.05, 0) is 30.3 Å². The molecular weight excluding hydrogens is 430 g/mol. The number of halogens is 3. The van der Waals surface area contributed by atoms with E-state index in [2.05, 4.69) is 0 Å². The first-order chi connectivity index (χ1) is 13.3. The van der Waals surface area contributed by atoms with Crippen molar-refractivity contribution in [3.05, 3.63) is 57.8 Å². The van der Waals surface area contributed by atoms with Crippen LogP contribution in [0.15, 0.2) is 41.3 Å². The van der Waals surface area contributed by atoms with Crippen molar-refractivity contribution in [2.75, 3.05) is 19.7 Å². The summed E-state index contributed by atoms with van der Waals surface area (Å²) in [6.07, 6.45) is -0.696. The maximum atomic E-state index is 13.8. The SMILES string of the molecule is N#Cc1ccc(OC2CN(S(=O)(=O)c3ccc(Cl)cc3Cl)CC2CO)cc1F. The fourth-order valence-electron chi connectivity index (χ4n) is 2.97. The fraction of sp³-hybridized carbons (Fsp3) is 0.278. The van der Waals surface area contributed by atoms with Gasteiger partial charge < -0.3 is 9.84 Å². The van der Waals surface area contributed by atoms with Gasteiger partial charge in [0.15, 0.2) is 0 Å². The summed E-state index contributed by atoms with van der Waals surface area (Å²) in [5.74, 6) is -1.11. The molecule has 2 aromatic carbocycles. The van der Waals surface area contributed by atoms with E-state index in [1.54, 1.807) is 6.07 Å². The smallest absolute Gasteiger partial charge is 0.244 e. The minimum absolute atomic E-state index is 0.00780. The van der Waals surface area contributed by atoms with E-state index in [1.807, 2.05) is 0 Å². The third-order valence-corrected chi connectivity index (χ3v) is 6.99. The lowest BCUT2D eigenvalue weighted by Gasteiger charge is -2.19. The molecule has 1 fully saturated rings. The van der Waals surface area contributed by atoms with Crippen molar-refractivity contribution >= 4 is 33.2 Å². The molecule has 0 aliphatic carbocycles. The molecule has 28 heavy (non-hydrogen) atoms. The molecular formula is C18H15Cl2FN2O4S. The second-order valence-corrected chi connectivity index (χ2v) is 9.00. The molecule has 2 unspecified atom stereocenters. The Morgan fingerprint density at radius 2 is 2.00 bits per heavy atom. The van der Waals surface area contributed by atoms with Crippen molar-refractivity contribution in [1.29, 1.82) is 5.26 Å². The van der Waals surface area contributed by atoms with Crippen LogP contribution >= 0.6 is 23.2 Å². The van der Waals surface area contributed by atoms with Crippen molar-refractivity contribution in [3.8, 4) is 11.8 Å². The maximum absolute atomic E-state index is 13.8. The first-order valence-corrected chi connectivity index (χ1v) is 10.4. The number of hydrogen-bond donors (Lipinski definition) is 1. The average Bonchev–Trinajstić information content (AvgIpc) is 3.05. The van der Waals surface area contributed by atoms with Gasteiger partial charge in [-0.3, -0.25) is 0 Å². The molecule has 0 bridgehead atoms. The van der Waals surface area contributed by atoms with Crippen LogP contribution in [0.4, 0.5) is 4.39 Å². The Morgan fingerprint density at radius 3 is 2.61 bits per heavy atom. The highest BCUT2D eigenvalue weighted by Gasteiger charge is 2.41. The number of nitriles is 1. The lowest BCUT2D eigenvalue weighted by molar-refractivity contribution is 0.122. The van der Waals surface area contributed by atoms with Gasteiger partial charge in [-0.2, -0.15) is 9.57 Å². The van der Waals surface area contributed by atoms with E-state index in [9.17, 15) is 17.9 Å². The molecule has 1 saturated heterocycles. The average molecular weight is 445 g/mol. The molecule has 0 radical (unpaired) electrons. The third kappa shape index (κ3) is 4.09. The van der Waals surface area contributed by atoms with Crippen molar-refractivity contribution in [2.24, 2.45) is 5.92 Å². The number of nitrogens with zero attached hydrogens (tertiary/aromatic N) is 2. The molecule has 2 atom stereocenters. The van der Waals surface area contributed by atoms with Crippen LogP contribution in [0.2, 0.25) is 10.0 Å². The molecule has 6 nitrogen and oxygen atoms in total. The summed E-state index contributed by atoms with van der Waals surface area (Å²) in [6, 6.07) is 9.54. The van der Waals surface area contributed by atoms with E-state index >= 15 is 0 Å². The Bertz CT molecular complexity index is 1040.